The number of nitrogens with two attached hydrogens (primary N) is 1. The lowest BCUT2D eigenvalue weighted by atomic mass is 10.2. The van der Waals surface area contributed by atoms with Crippen molar-refractivity contribution in [3.05, 3.63) is 59.7 Å². The molecule has 25 heavy (non-hydrogen) atoms. The van der Waals surface area contributed by atoms with Crippen LogP contribution in [0.5, 0.6) is 0 Å². The van der Waals surface area contributed by atoms with Gasteiger partial charge in [-0.1, -0.05) is 23.4 Å². The highest BCUT2D eigenvalue weighted by atomic mass is 19.4. The van der Waals surface area contributed by atoms with Gasteiger partial charge in [0.15, 0.2) is 12.5 Å². The van der Waals surface area contributed by atoms with Crippen molar-refractivity contribution in [3.63, 3.8) is 0 Å². The van der Waals surface area contributed by atoms with Crippen LogP contribution < -0.4 is 10.7 Å². The Morgan fingerprint density at radius 3 is 2.48 bits per heavy atom. The summed E-state index contributed by atoms with van der Waals surface area (Å²) in [6.45, 7) is 0.267. The van der Waals surface area contributed by atoms with Crippen LogP contribution in [0.1, 0.15) is 11.1 Å². The Kier molecular flexibility index (Phi) is 4.30. The average Bonchev–Trinajstić information content (AvgIpc) is 2.99. The SMILES string of the molecule is Nc1ccc(CN2N=NN(c3cccc(C(F)(F)F)c3)C2C=O)cc1. The molecule has 1 unspecified atom stereocenters. The summed E-state index contributed by atoms with van der Waals surface area (Å²) in [5, 5.41) is 10.3. The van der Waals surface area contributed by atoms with Gasteiger partial charge >= 0.3 is 6.18 Å². The first-order valence-corrected chi connectivity index (χ1v) is 7.33. The van der Waals surface area contributed by atoms with Crippen LogP contribution in [0, 0.1) is 0 Å². The summed E-state index contributed by atoms with van der Waals surface area (Å²) in [6.07, 6.45) is -4.83. The molecule has 0 fully saturated rings. The summed E-state index contributed by atoms with van der Waals surface area (Å²) in [7, 11) is 0. The Morgan fingerprint density at radius 1 is 1.12 bits per heavy atom. The highest BCUT2D eigenvalue weighted by Crippen LogP contribution is 2.33. The van der Waals surface area contributed by atoms with E-state index < -0.39 is 17.9 Å². The molecule has 2 aromatic carbocycles. The van der Waals surface area contributed by atoms with E-state index in [0.29, 0.717) is 12.0 Å². The number of hydrogen-bond donors (Lipinski definition) is 1. The largest absolute Gasteiger partial charge is 0.416 e. The molecule has 130 valence electrons. The summed E-state index contributed by atoms with van der Waals surface area (Å²) >= 11 is 0. The minimum absolute atomic E-state index is 0.135. The molecule has 1 heterocycles. The lowest BCUT2D eigenvalue weighted by molar-refractivity contribution is -0.137. The molecule has 2 aromatic rings. The van der Waals surface area contributed by atoms with E-state index in [1.807, 2.05) is 0 Å². The number of halogens is 3. The van der Waals surface area contributed by atoms with E-state index >= 15 is 0 Å². The lowest BCUT2D eigenvalue weighted by Gasteiger charge is -2.24. The van der Waals surface area contributed by atoms with Crippen molar-refractivity contribution in [2.45, 2.75) is 18.9 Å². The summed E-state index contributed by atoms with van der Waals surface area (Å²) in [6, 6.07) is 11.6. The Hall–Kier alpha value is -3.10. The van der Waals surface area contributed by atoms with Crippen LogP contribution in [0.4, 0.5) is 24.5 Å². The number of alkyl halides is 3. The van der Waals surface area contributed by atoms with E-state index in [1.54, 1.807) is 24.3 Å². The van der Waals surface area contributed by atoms with E-state index in [4.69, 9.17) is 5.73 Å². The van der Waals surface area contributed by atoms with Gasteiger partial charge in [-0.05, 0) is 41.1 Å². The summed E-state index contributed by atoms with van der Waals surface area (Å²) < 4.78 is 38.6. The Bertz CT molecular complexity index is 791. The molecule has 0 spiro atoms. The third-order valence-electron chi connectivity index (χ3n) is 3.69. The molecule has 0 saturated heterocycles. The predicted molar refractivity (Wildman–Crippen MR) is 85.0 cm³/mol. The number of carbonyl (C=O) groups is 1. The second-order valence-electron chi connectivity index (χ2n) is 5.46. The number of benzene rings is 2. The average molecular weight is 349 g/mol. The molecule has 0 radical (unpaired) electrons. The normalized spacial score (nSPS) is 17.2. The monoisotopic (exact) mass is 349 g/mol. The van der Waals surface area contributed by atoms with Crippen molar-refractivity contribution >= 4 is 17.7 Å². The summed E-state index contributed by atoms with van der Waals surface area (Å²) in [5.41, 5.74) is 6.38. The molecular formula is C16H14F3N5O. The van der Waals surface area contributed by atoms with E-state index in [0.717, 1.165) is 22.7 Å². The molecule has 0 saturated carbocycles. The van der Waals surface area contributed by atoms with Gasteiger partial charge in [0.1, 0.15) is 0 Å². The van der Waals surface area contributed by atoms with Gasteiger partial charge in [0, 0.05) is 5.69 Å². The third-order valence-corrected chi connectivity index (χ3v) is 3.69. The number of aldehydes is 1. The van der Waals surface area contributed by atoms with E-state index in [-0.39, 0.29) is 12.2 Å². The van der Waals surface area contributed by atoms with Crippen molar-refractivity contribution in [3.8, 4) is 0 Å². The molecule has 0 aromatic heterocycles. The van der Waals surface area contributed by atoms with Crippen molar-refractivity contribution in [1.29, 1.82) is 0 Å². The summed E-state index contributed by atoms with van der Waals surface area (Å²) in [4.78, 5) is 11.5. The van der Waals surface area contributed by atoms with Crippen LogP contribution >= 0.6 is 0 Å². The fourth-order valence-corrected chi connectivity index (χ4v) is 2.42. The Labute approximate surface area is 141 Å². The number of rotatable bonds is 4. The van der Waals surface area contributed by atoms with Gasteiger partial charge in [-0.25, -0.2) is 10.0 Å². The highest BCUT2D eigenvalue weighted by Gasteiger charge is 2.34. The number of nitrogens with zero attached hydrogens (tertiary/aromatic N) is 4. The van der Waals surface area contributed by atoms with Gasteiger partial charge in [-0.15, -0.1) is 0 Å². The fourth-order valence-electron chi connectivity index (χ4n) is 2.42. The minimum atomic E-state index is -4.48. The van der Waals surface area contributed by atoms with Gasteiger partial charge in [0.05, 0.1) is 17.8 Å². The Balaban J connectivity index is 1.81. The molecule has 2 N–H and O–H groups in total. The van der Waals surface area contributed by atoms with E-state index in [9.17, 15) is 18.0 Å². The van der Waals surface area contributed by atoms with Gasteiger partial charge < -0.3 is 5.73 Å². The number of hydrogen-bond acceptors (Lipinski definition) is 6. The van der Waals surface area contributed by atoms with E-state index in [2.05, 4.69) is 10.4 Å². The van der Waals surface area contributed by atoms with Crippen LogP contribution in [0.3, 0.4) is 0 Å². The molecule has 3 rings (SSSR count). The van der Waals surface area contributed by atoms with Crippen LogP contribution in [0.2, 0.25) is 0 Å². The standard InChI is InChI=1S/C16H14F3N5O/c17-16(18,19)12-2-1-3-14(8-12)24-15(10-25)23(21-22-24)9-11-4-6-13(20)7-5-11/h1-8,10,15H,9,20H2. The number of carbonyl (C=O) groups excluding carboxylic acids is 1. The smallest absolute Gasteiger partial charge is 0.399 e. The summed E-state index contributed by atoms with van der Waals surface area (Å²) in [5.74, 6) is 0. The fraction of sp³-hybridized carbons (Fsp3) is 0.188. The third kappa shape index (κ3) is 3.54. The maximum atomic E-state index is 12.9. The highest BCUT2D eigenvalue weighted by molar-refractivity contribution is 5.66. The van der Waals surface area contributed by atoms with Gasteiger partial charge in [0.2, 0.25) is 0 Å². The molecule has 0 bridgehead atoms. The molecule has 9 heteroatoms. The molecule has 6 nitrogen and oxygen atoms in total. The van der Waals surface area contributed by atoms with Crippen molar-refractivity contribution in [2.75, 3.05) is 10.7 Å². The maximum Gasteiger partial charge on any atom is 0.416 e. The predicted octanol–water partition coefficient (Wildman–Crippen LogP) is 3.42. The van der Waals surface area contributed by atoms with E-state index in [1.165, 1.54) is 17.1 Å². The lowest BCUT2D eigenvalue weighted by Crippen LogP contribution is -2.39. The molecule has 1 atom stereocenters. The van der Waals surface area contributed by atoms with Gasteiger partial charge in [-0.2, -0.15) is 13.2 Å². The zero-order valence-electron chi connectivity index (χ0n) is 12.9. The molecule has 1 aliphatic heterocycles. The first-order valence-electron chi connectivity index (χ1n) is 7.33. The van der Waals surface area contributed by atoms with Crippen LogP contribution in [-0.2, 0) is 17.5 Å². The molecule has 1 aliphatic rings. The van der Waals surface area contributed by atoms with Crippen LogP contribution in [0.25, 0.3) is 0 Å². The quantitative estimate of drug-likeness (QED) is 0.678. The first-order chi connectivity index (χ1) is 11.9. The first kappa shape index (κ1) is 16.7. The second kappa shape index (κ2) is 6.42. The number of nitrogen functional groups attached to an aromatic ring is 1. The number of anilines is 2. The van der Waals surface area contributed by atoms with Crippen LogP contribution in [-0.4, -0.2) is 17.5 Å². The van der Waals surface area contributed by atoms with Crippen molar-refractivity contribution in [1.82, 2.24) is 5.01 Å². The zero-order chi connectivity index (χ0) is 18.0. The van der Waals surface area contributed by atoms with Gasteiger partial charge in [0.25, 0.3) is 0 Å². The minimum Gasteiger partial charge on any atom is -0.399 e. The second-order valence-corrected chi connectivity index (χ2v) is 5.46. The molecular weight excluding hydrogens is 335 g/mol. The van der Waals surface area contributed by atoms with Crippen LogP contribution in [0.15, 0.2) is 59.0 Å². The van der Waals surface area contributed by atoms with Crippen molar-refractivity contribution in [2.24, 2.45) is 10.4 Å². The molecule has 0 amide bonds. The zero-order valence-corrected chi connectivity index (χ0v) is 12.9. The molecule has 0 aliphatic carbocycles. The van der Waals surface area contributed by atoms with Crippen molar-refractivity contribution < 1.29 is 18.0 Å². The van der Waals surface area contributed by atoms with Gasteiger partial charge in [-0.3, -0.25) is 4.79 Å². The maximum absolute atomic E-state index is 12.9. The Morgan fingerprint density at radius 2 is 1.84 bits per heavy atom. The topological polar surface area (TPSA) is 74.3 Å².